The summed E-state index contributed by atoms with van der Waals surface area (Å²) in [5.74, 6) is 4.35. The van der Waals surface area contributed by atoms with Crippen LogP contribution in [-0.4, -0.2) is 23.4 Å². The van der Waals surface area contributed by atoms with Crippen LogP contribution in [0.3, 0.4) is 0 Å². The zero-order valence-electron chi connectivity index (χ0n) is 21.6. The summed E-state index contributed by atoms with van der Waals surface area (Å²) in [6, 6.07) is 0. The predicted octanol–water partition coefficient (Wildman–Crippen LogP) is 7.55. The molecule has 3 fully saturated rings. The van der Waals surface area contributed by atoms with Crippen molar-refractivity contribution in [2.45, 2.75) is 123 Å². The lowest BCUT2D eigenvalue weighted by molar-refractivity contribution is -0.0708. The highest BCUT2D eigenvalue weighted by atomic mass is 16.5. The van der Waals surface area contributed by atoms with Crippen LogP contribution in [0, 0.1) is 40.4 Å². The number of hydrogen-bond donors (Lipinski definition) is 1. The molecule has 4 aliphatic rings. The number of fused-ring (bicyclic) bond motifs is 5. The number of rotatable bonds is 6. The minimum Gasteiger partial charge on any atom is -0.390 e. The third-order valence-electron chi connectivity index (χ3n) is 11.1. The van der Waals surface area contributed by atoms with Crippen molar-refractivity contribution in [2.75, 3.05) is 7.11 Å². The highest BCUT2D eigenvalue weighted by molar-refractivity contribution is 5.26. The minimum atomic E-state index is -0.480. The van der Waals surface area contributed by atoms with E-state index in [0.717, 1.165) is 42.4 Å². The van der Waals surface area contributed by atoms with Gasteiger partial charge in [0.1, 0.15) is 0 Å². The van der Waals surface area contributed by atoms with Gasteiger partial charge in [-0.1, -0.05) is 45.3 Å². The first-order valence-corrected chi connectivity index (χ1v) is 13.4. The van der Waals surface area contributed by atoms with Crippen molar-refractivity contribution in [3.05, 3.63) is 11.6 Å². The van der Waals surface area contributed by atoms with Gasteiger partial charge >= 0.3 is 0 Å². The van der Waals surface area contributed by atoms with E-state index in [9.17, 15) is 5.11 Å². The Bertz CT molecular complexity index is 691. The van der Waals surface area contributed by atoms with Gasteiger partial charge in [0.25, 0.3) is 0 Å². The molecule has 0 aromatic heterocycles. The number of aliphatic hydroxyl groups is 1. The molecule has 2 heteroatoms. The molecule has 0 bridgehead atoms. The van der Waals surface area contributed by atoms with Gasteiger partial charge in [0.15, 0.2) is 0 Å². The Hall–Kier alpha value is -0.340. The molecule has 2 nitrogen and oxygen atoms in total. The molecule has 3 saturated carbocycles. The second-order valence-electron chi connectivity index (χ2n) is 13.5. The van der Waals surface area contributed by atoms with Crippen molar-refractivity contribution >= 4 is 0 Å². The molecular weight excluding hydrogens is 380 g/mol. The molecule has 4 aliphatic carbocycles. The van der Waals surface area contributed by atoms with E-state index in [4.69, 9.17) is 4.74 Å². The summed E-state index contributed by atoms with van der Waals surface area (Å²) in [4.78, 5) is 0. The molecule has 8 atom stereocenters. The fourth-order valence-electron chi connectivity index (χ4n) is 8.93. The number of ether oxygens (including phenoxy) is 1. The molecule has 0 saturated heterocycles. The summed E-state index contributed by atoms with van der Waals surface area (Å²) in [5.41, 5.74) is 2.03. The maximum atomic E-state index is 10.7. The van der Waals surface area contributed by atoms with E-state index in [0.29, 0.717) is 10.8 Å². The highest BCUT2D eigenvalue weighted by Crippen LogP contribution is 2.67. The van der Waals surface area contributed by atoms with Crippen molar-refractivity contribution < 1.29 is 9.84 Å². The molecule has 0 unspecified atom stereocenters. The first-order valence-electron chi connectivity index (χ1n) is 13.4. The predicted molar refractivity (Wildman–Crippen MR) is 130 cm³/mol. The summed E-state index contributed by atoms with van der Waals surface area (Å²) in [7, 11) is 1.85. The lowest BCUT2D eigenvalue weighted by Crippen LogP contribution is -2.52. The van der Waals surface area contributed by atoms with Gasteiger partial charge in [0.2, 0.25) is 0 Å². The zero-order valence-corrected chi connectivity index (χ0v) is 21.6. The van der Waals surface area contributed by atoms with Crippen LogP contribution in [0.5, 0.6) is 0 Å². The Morgan fingerprint density at radius 3 is 2.55 bits per heavy atom. The molecule has 0 aromatic carbocycles. The van der Waals surface area contributed by atoms with Gasteiger partial charge in [0, 0.05) is 7.11 Å². The second-order valence-corrected chi connectivity index (χ2v) is 13.5. The van der Waals surface area contributed by atoms with E-state index in [2.05, 4.69) is 40.7 Å². The standard InChI is InChI=1S/C29H50O2/c1-20(9-8-15-26(2,3)31-7)23-12-13-24-22-11-10-21-19-27(4,30)17-18-28(21,5)25(22)14-16-29(23,24)6/h10,20,22-25,30H,8-9,11-19H2,1-7H3/t20-,22+,23-,24+,25+,27+,28+,29-/m1/s1. The SMILES string of the molecule is COC(C)(C)CCC[C@@H](C)[C@H]1CC[C@H]2[C@@H]3CC=C4C[C@@](C)(O)CC[C@]4(C)[C@H]3CC[C@]12C. The summed E-state index contributed by atoms with van der Waals surface area (Å²) < 4.78 is 5.65. The van der Waals surface area contributed by atoms with E-state index in [1.807, 2.05) is 14.0 Å². The average Bonchev–Trinajstić information content (AvgIpc) is 3.05. The molecule has 0 amide bonds. The minimum absolute atomic E-state index is 0.0200. The van der Waals surface area contributed by atoms with Crippen molar-refractivity contribution in [3.8, 4) is 0 Å². The number of hydrogen-bond acceptors (Lipinski definition) is 2. The Kier molecular flexibility index (Phi) is 6.26. The van der Waals surface area contributed by atoms with Crippen molar-refractivity contribution in [2.24, 2.45) is 40.4 Å². The number of methoxy groups -OCH3 is 1. The topological polar surface area (TPSA) is 29.5 Å². The first kappa shape index (κ1) is 23.8. The molecule has 4 rings (SSSR count). The van der Waals surface area contributed by atoms with Gasteiger partial charge in [-0.05, 0) is 119 Å². The maximum absolute atomic E-state index is 10.7. The van der Waals surface area contributed by atoms with Gasteiger partial charge in [-0.2, -0.15) is 0 Å². The lowest BCUT2D eigenvalue weighted by atomic mass is 9.46. The summed E-state index contributed by atoms with van der Waals surface area (Å²) >= 11 is 0. The van der Waals surface area contributed by atoms with Crippen LogP contribution in [0.1, 0.15) is 112 Å². The first-order chi connectivity index (χ1) is 14.4. The zero-order chi connectivity index (χ0) is 22.7. The maximum Gasteiger partial charge on any atom is 0.0657 e. The molecule has 0 aromatic rings. The Labute approximate surface area is 192 Å². The molecule has 1 N–H and O–H groups in total. The third kappa shape index (κ3) is 4.18. The third-order valence-corrected chi connectivity index (χ3v) is 11.1. The highest BCUT2D eigenvalue weighted by Gasteiger charge is 2.59. The number of allylic oxidation sites excluding steroid dienone is 1. The molecule has 31 heavy (non-hydrogen) atoms. The van der Waals surface area contributed by atoms with Crippen LogP contribution in [-0.2, 0) is 4.74 Å². The van der Waals surface area contributed by atoms with Crippen molar-refractivity contribution in [1.29, 1.82) is 0 Å². The van der Waals surface area contributed by atoms with Gasteiger partial charge in [-0.25, -0.2) is 0 Å². The second kappa shape index (κ2) is 8.15. The fraction of sp³-hybridized carbons (Fsp3) is 0.931. The van der Waals surface area contributed by atoms with Crippen LogP contribution >= 0.6 is 0 Å². The van der Waals surface area contributed by atoms with E-state index >= 15 is 0 Å². The van der Waals surface area contributed by atoms with Crippen LogP contribution < -0.4 is 0 Å². The molecular formula is C29H50O2. The molecule has 178 valence electrons. The van der Waals surface area contributed by atoms with Crippen LogP contribution in [0.25, 0.3) is 0 Å². The lowest BCUT2D eigenvalue weighted by Gasteiger charge is -2.59. The molecule has 0 radical (unpaired) electrons. The van der Waals surface area contributed by atoms with Crippen molar-refractivity contribution in [3.63, 3.8) is 0 Å². The van der Waals surface area contributed by atoms with E-state index in [1.165, 1.54) is 57.8 Å². The Balaban J connectivity index is 1.46. The van der Waals surface area contributed by atoms with Gasteiger partial charge in [-0.15, -0.1) is 0 Å². The molecule has 0 spiro atoms. The Morgan fingerprint density at radius 2 is 1.84 bits per heavy atom. The van der Waals surface area contributed by atoms with E-state index in [-0.39, 0.29) is 5.60 Å². The van der Waals surface area contributed by atoms with Gasteiger partial charge < -0.3 is 9.84 Å². The molecule has 0 heterocycles. The molecule has 0 aliphatic heterocycles. The normalized spacial score (nSPS) is 46.0. The van der Waals surface area contributed by atoms with Crippen LogP contribution in [0.15, 0.2) is 11.6 Å². The fourth-order valence-corrected chi connectivity index (χ4v) is 8.93. The summed E-state index contributed by atoms with van der Waals surface area (Å²) in [5, 5.41) is 10.7. The van der Waals surface area contributed by atoms with Gasteiger partial charge in [-0.3, -0.25) is 0 Å². The quantitative estimate of drug-likeness (QED) is 0.441. The largest absolute Gasteiger partial charge is 0.390 e. The van der Waals surface area contributed by atoms with Crippen LogP contribution in [0.4, 0.5) is 0 Å². The summed E-state index contributed by atoms with van der Waals surface area (Å²) in [6.07, 6.45) is 16.5. The summed E-state index contributed by atoms with van der Waals surface area (Å²) in [6.45, 7) is 14.3. The Morgan fingerprint density at radius 1 is 1.10 bits per heavy atom. The monoisotopic (exact) mass is 430 g/mol. The van der Waals surface area contributed by atoms with E-state index < -0.39 is 5.60 Å². The van der Waals surface area contributed by atoms with Gasteiger partial charge in [0.05, 0.1) is 11.2 Å². The van der Waals surface area contributed by atoms with Crippen molar-refractivity contribution in [1.82, 2.24) is 0 Å². The van der Waals surface area contributed by atoms with Crippen LogP contribution in [0.2, 0.25) is 0 Å². The average molecular weight is 431 g/mol. The smallest absolute Gasteiger partial charge is 0.0657 e. The van der Waals surface area contributed by atoms with E-state index in [1.54, 1.807) is 5.57 Å².